The Labute approximate surface area is 171 Å². The SMILES string of the molecule is COc1ccc(C(=O)N2CCN([C@H](CCC(=O)O)c3ccc(C)cc3)CC2)cc1. The Balaban J connectivity index is 1.66. The van der Waals surface area contributed by atoms with Crippen LogP contribution in [0.1, 0.15) is 40.4 Å². The van der Waals surface area contributed by atoms with Crippen LogP contribution in [0.4, 0.5) is 0 Å². The molecule has 6 nitrogen and oxygen atoms in total. The predicted octanol–water partition coefficient (Wildman–Crippen LogP) is 3.37. The first kappa shape index (κ1) is 20.9. The molecule has 1 atom stereocenters. The Morgan fingerprint density at radius 1 is 1.00 bits per heavy atom. The second-order valence-electron chi connectivity index (χ2n) is 7.42. The normalized spacial score (nSPS) is 15.7. The third-order valence-electron chi connectivity index (χ3n) is 5.47. The van der Waals surface area contributed by atoms with E-state index in [9.17, 15) is 9.59 Å². The molecule has 3 rings (SSSR count). The number of nitrogens with zero attached hydrogens (tertiary/aromatic N) is 2. The van der Waals surface area contributed by atoms with E-state index in [0.717, 1.165) is 24.4 Å². The maximum Gasteiger partial charge on any atom is 0.303 e. The number of benzene rings is 2. The van der Waals surface area contributed by atoms with Gasteiger partial charge >= 0.3 is 5.97 Å². The first-order valence-corrected chi connectivity index (χ1v) is 9.93. The molecule has 6 heteroatoms. The van der Waals surface area contributed by atoms with E-state index in [1.54, 1.807) is 31.4 Å². The number of aryl methyl sites for hydroxylation is 1. The van der Waals surface area contributed by atoms with E-state index in [0.29, 0.717) is 25.1 Å². The highest BCUT2D eigenvalue weighted by molar-refractivity contribution is 5.94. The number of piperazine rings is 1. The average Bonchev–Trinajstić information content (AvgIpc) is 2.75. The van der Waals surface area contributed by atoms with Gasteiger partial charge < -0.3 is 14.7 Å². The lowest BCUT2D eigenvalue weighted by atomic mass is 9.98. The molecule has 2 aromatic rings. The number of ether oxygens (including phenoxy) is 1. The van der Waals surface area contributed by atoms with Gasteiger partial charge in [-0.2, -0.15) is 0 Å². The zero-order chi connectivity index (χ0) is 20.8. The molecule has 1 N–H and O–H groups in total. The lowest BCUT2D eigenvalue weighted by Gasteiger charge is -2.39. The van der Waals surface area contributed by atoms with Crippen molar-refractivity contribution in [3.63, 3.8) is 0 Å². The van der Waals surface area contributed by atoms with Gasteiger partial charge in [0.1, 0.15) is 5.75 Å². The van der Waals surface area contributed by atoms with Gasteiger partial charge in [-0.25, -0.2) is 0 Å². The minimum Gasteiger partial charge on any atom is -0.497 e. The van der Waals surface area contributed by atoms with Crippen molar-refractivity contribution >= 4 is 11.9 Å². The number of aliphatic carboxylic acids is 1. The van der Waals surface area contributed by atoms with Gasteiger partial charge in [0.05, 0.1) is 7.11 Å². The number of carboxylic acids is 1. The number of methoxy groups -OCH3 is 1. The molecule has 0 unspecified atom stereocenters. The van der Waals surface area contributed by atoms with Gasteiger partial charge in [-0.3, -0.25) is 14.5 Å². The molecule has 1 heterocycles. The fraction of sp³-hybridized carbons (Fsp3) is 0.391. The number of carboxylic acid groups (broad SMARTS) is 1. The fourth-order valence-corrected chi connectivity index (χ4v) is 3.76. The Morgan fingerprint density at radius 2 is 1.62 bits per heavy atom. The van der Waals surface area contributed by atoms with Crippen LogP contribution in [0.2, 0.25) is 0 Å². The third kappa shape index (κ3) is 5.35. The number of amides is 1. The molecular formula is C23H28N2O4. The molecule has 29 heavy (non-hydrogen) atoms. The molecule has 1 aliphatic heterocycles. The first-order valence-electron chi connectivity index (χ1n) is 9.93. The van der Waals surface area contributed by atoms with E-state index in [-0.39, 0.29) is 18.4 Å². The van der Waals surface area contributed by atoms with Crippen LogP contribution in [0.3, 0.4) is 0 Å². The molecule has 0 bridgehead atoms. The topological polar surface area (TPSA) is 70.1 Å². The van der Waals surface area contributed by atoms with Crippen molar-refractivity contribution < 1.29 is 19.4 Å². The van der Waals surface area contributed by atoms with Crippen molar-refractivity contribution in [3.8, 4) is 5.75 Å². The van der Waals surface area contributed by atoms with Crippen molar-refractivity contribution in [2.75, 3.05) is 33.3 Å². The Morgan fingerprint density at radius 3 is 2.17 bits per heavy atom. The van der Waals surface area contributed by atoms with Crippen LogP contribution in [-0.4, -0.2) is 60.1 Å². The van der Waals surface area contributed by atoms with Gasteiger partial charge in [0, 0.05) is 44.2 Å². The summed E-state index contributed by atoms with van der Waals surface area (Å²) in [4.78, 5) is 28.1. The molecule has 2 aromatic carbocycles. The molecule has 0 aliphatic carbocycles. The molecule has 1 aliphatic rings. The number of carbonyl (C=O) groups excluding carboxylic acids is 1. The van der Waals surface area contributed by atoms with Crippen molar-refractivity contribution in [1.82, 2.24) is 9.80 Å². The molecule has 0 radical (unpaired) electrons. The number of rotatable bonds is 7. The summed E-state index contributed by atoms with van der Waals surface area (Å²) < 4.78 is 5.15. The summed E-state index contributed by atoms with van der Waals surface area (Å²) in [6.45, 7) is 4.74. The van der Waals surface area contributed by atoms with Gasteiger partial charge in [0.25, 0.3) is 5.91 Å². The smallest absolute Gasteiger partial charge is 0.303 e. The van der Waals surface area contributed by atoms with Gasteiger partial charge in [-0.1, -0.05) is 29.8 Å². The van der Waals surface area contributed by atoms with Crippen LogP contribution in [0, 0.1) is 6.92 Å². The maximum atomic E-state index is 12.8. The van der Waals surface area contributed by atoms with Crippen LogP contribution in [0.5, 0.6) is 5.75 Å². The third-order valence-corrected chi connectivity index (χ3v) is 5.47. The minimum atomic E-state index is -0.782. The zero-order valence-corrected chi connectivity index (χ0v) is 17.0. The van der Waals surface area contributed by atoms with Gasteiger partial charge in [0.2, 0.25) is 0 Å². The van der Waals surface area contributed by atoms with Crippen molar-refractivity contribution in [1.29, 1.82) is 0 Å². The Hall–Kier alpha value is -2.86. The average molecular weight is 396 g/mol. The summed E-state index contributed by atoms with van der Waals surface area (Å²) in [6.07, 6.45) is 0.689. The summed E-state index contributed by atoms with van der Waals surface area (Å²) in [5, 5.41) is 9.15. The highest BCUT2D eigenvalue weighted by Crippen LogP contribution is 2.27. The summed E-state index contributed by atoms with van der Waals surface area (Å²) in [7, 11) is 1.60. The van der Waals surface area contributed by atoms with Gasteiger partial charge in [-0.15, -0.1) is 0 Å². The first-order chi connectivity index (χ1) is 14.0. The van der Waals surface area contributed by atoms with E-state index in [4.69, 9.17) is 9.84 Å². The highest BCUT2D eigenvalue weighted by atomic mass is 16.5. The van der Waals surface area contributed by atoms with Crippen LogP contribution >= 0.6 is 0 Å². The minimum absolute atomic E-state index is 0.0183. The van der Waals surface area contributed by atoms with E-state index >= 15 is 0 Å². The number of hydrogen-bond donors (Lipinski definition) is 1. The zero-order valence-electron chi connectivity index (χ0n) is 17.0. The second kappa shape index (κ2) is 9.56. The van der Waals surface area contributed by atoms with E-state index in [1.165, 1.54) is 5.56 Å². The summed E-state index contributed by atoms with van der Waals surface area (Å²) in [5.74, 6) is -0.0362. The van der Waals surface area contributed by atoms with E-state index in [2.05, 4.69) is 29.2 Å². The maximum absolute atomic E-state index is 12.8. The van der Waals surface area contributed by atoms with Crippen molar-refractivity contribution in [2.45, 2.75) is 25.8 Å². The molecule has 0 aromatic heterocycles. The molecule has 1 saturated heterocycles. The van der Waals surface area contributed by atoms with E-state index in [1.807, 2.05) is 11.8 Å². The lowest BCUT2D eigenvalue weighted by Crippen LogP contribution is -2.49. The van der Waals surface area contributed by atoms with Crippen molar-refractivity contribution in [2.24, 2.45) is 0 Å². The quantitative estimate of drug-likeness (QED) is 0.777. The Kier molecular flexibility index (Phi) is 6.88. The predicted molar refractivity (Wildman–Crippen MR) is 111 cm³/mol. The van der Waals surface area contributed by atoms with Crippen LogP contribution in [-0.2, 0) is 4.79 Å². The van der Waals surface area contributed by atoms with Crippen LogP contribution in [0.15, 0.2) is 48.5 Å². The van der Waals surface area contributed by atoms with Crippen LogP contribution in [0.25, 0.3) is 0 Å². The lowest BCUT2D eigenvalue weighted by molar-refractivity contribution is -0.137. The fourth-order valence-electron chi connectivity index (χ4n) is 3.76. The molecule has 0 spiro atoms. The molecule has 154 valence electrons. The summed E-state index contributed by atoms with van der Waals surface area (Å²) >= 11 is 0. The molecular weight excluding hydrogens is 368 g/mol. The van der Waals surface area contributed by atoms with E-state index < -0.39 is 5.97 Å². The largest absolute Gasteiger partial charge is 0.497 e. The molecule has 1 amide bonds. The molecule has 0 saturated carbocycles. The van der Waals surface area contributed by atoms with Crippen LogP contribution < -0.4 is 4.74 Å². The standard InChI is InChI=1S/C23H28N2O4/c1-17-3-5-18(6-4-17)21(11-12-22(26)27)24-13-15-25(16-14-24)23(28)19-7-9-20(29-2)10-8-19/h3-10,21H,11-16H2,1-2H3,(H,26,27)/t21-/m1/s1. The van der Waals surface area contributed by atoms with Gasteiger partial charge in [0.15, 0.2) is 0 Å². The summed E-state index contributed by atoms with van der Waals surface area (Å²) in [5.41, 5.74) is 2.97. The number of hydrogen-bond acceptors (Lipinski definition) is 4. The highest BCUT2D eigenvalue weighted by Gasteiger charge is 2.28. The second-order valence-corrected chi connectivity index (χ2v) is 7.42. The van der Waals surface area contributed by atoms with Gasteiger partial charge in [-0.05, 0) is 43.2 Å². The van der Waals surface area contributed by atoms with Crippen molar-refractivity contribution in [3.05, 3.63) is 65.2 Å². The molecule has 1 fully saturated rings. The number of carbonyl (C=O) groups is 2. The Bertz CT molecular complexity index is 825. The monoisotopic (exact) mass is 396 g/mol. The summed E-state index contributed by atoms with van der Waals surface area (Å²) in [6, 6.07) is 15.5.